The Morgan fingerprint density at radius 1 is 0.767 bits per heavy atom. The minimum Gasteiger partial charge on any atom is -0.337 e. The number of hydrogen-bond acceptors (Lipinski definition) is 7. The van der Waals surface area contributed by atoms with Crippen molar-refractivity contribution in [2.24, 2.45) is 0 Å². The van der Waals surface area contributed by atoms with Crippen LogP contribution in [0, 0.1) is 0 Å². The number of nitrogens with zero attached hydrogens (tertiary/aromatic N) is 7. The Bertz CT molecular complexity index is 1020. The van der Waals surface area contributed by atoms with Gasteiger partial charge in [0, 0.05) is 19.6 Å². The lowest BCUT2D eigenvalue weighted by molar-refractivity contribution is -0.331. The van der Waals surface area contributed by atoms with Gasteiger partial charge in [-0.3, -0.25) is 0 Å². The molecular weight excluding hydrogens is 382 g/mol. The van der Waals surface area contributed by atoms with Crippen LogP contribution in [0.3, 0.4) is 0 Å². The third kappa shape index (κ3) is 3.79. The summed E-state index contributed by atoms with van der Waals surface area (Å²) in [6, 6.07) is 15.8. The molecule has 0 aliphatic heterocycles. The summed E-state index contributed by atoms with van der Waals surface area (Å²) in [5.41, 5.74) is 3.59. The molecule has 2 aromatic heterocycles. The summed E-state index contributed by atoms with van der Waals surface area (Å²) in [4.78, 5) is 2.09. The van der Waals surface area contributed by atoms with Gasteiger partial charge in [-0.05, 0) is 38.1 Å². The SMILES string of the molecule is CCOC(CC)(OCC)N(Cn1nnc2ccccc21)Cn1nnc2ccccc21. The van der Waals surface area contributed by atoms with Crippen LogP contribution in [0.4, 0.5) is 0 Å². The molecule has 0 fully saturated rings. The fraction of sp³-hybridized carbons (Fsp3) is 0.429. The molecule has 0 bridgehead atoms. The maximum atomic E-state index is 6.18. The molecule has 0 amide bonds. The largest absolute Gasteiger partial charge is 0.337 e. The molecule has 9 nitrogen and oxygen atoms in total. The number of aromatic nitrogens is 6. The van der Waals surface area contributed by atoms with E-state index in [1.54, 1.807) is 0 Å². The normalized spacial score (nSPS) is 12.4. The minimum atomic E-state index is -0.927. The van der Waals surface area contributed by atoms with E-state index < -0.39 is 5.91 Å². The van der Waals surface area contributed by atoms with Crippen molar-refractivity contribution in [1.29, 1.82) is 0 Å². The molecule has 9 heteroatoms. The lowest BCUT2D eigenvalue weighted by Gasteiger charge is -2.41. The van der Waals surface area contributed by atoms with Gasteiger partial charge in [0.05, 0.1) is 11.0 Å². The lowest BCUT2D eigenvalue weighted by atomic mass is 10.3. The van der Waals surface area contributed by atoms with Crippen molar-refractivity contribution in [2.45, 2.75) is 46.4 Å². The summed E-state index contributed by atoms with van der Waals surface area (Å²) in [6.45, 7) is 7.86. The highest BCUT2D eigenvalue weighted by molar-refractivity contribution is 5.74. The van der Waals surface area contributed by atoms with Gasteiger partial charge in [0.15, 0.2) is 0 Å². The summed E-state index contributed by atoms with van der Waals surface area (Å²) in [5, 5.41) is 17.3. The Hall–Kier alpha value is -2.88. The molecule has 0 radical (unpaired) electrons. The van der Waals surface area contributed by atoms with Gasteiger partial charge in [0.1, 0.15) is 24.4 Å². The van der Waals surface area contributed by atoms with Crippen LogP contribution in [0.5, 0.6) is 0 Å². The fourth-order valence-electron chi connectivity index (χ4n) is 3.73. The third-order valence-electron chi connectivity index (χ3n) is 5.12. The summed E-state index contributed by atoms with van der Waals surface area (Å²) in [6.07, 6.45) is 0.633. The Balaban J connectivity index is 1.75. The van der Waals surface area contributed by atoms with E-state index in [-0.39, 0.29) is 0 Å². The highest BCUT2D eigenvalue weighted by Gasteiger charge is 2.38. The van der Waals surface area contributed by atoms with E-state index in [4.69, 9.17) is 9.47 Å². The Morgan fingerprint density at radius 2 is 1.23 bits per heavy atom. The second-order valence-corrected chi connectivity index (χ2v) is 6.91. The standard InChI is InChI=1S/C21H27N7O2/c1-4-21(29-5-2,30-6-3)26(15-27-19-13-9-7-11-17(19)22-24-27)16-28-20-14-10-8-12-18(20)23-25-28/h7-14H,4-6,15-16H2,1-3H3. The first-order valence-corrected chi connectivity index (χ1v) is 10.3. The third-order valence-corrected chi connectivity index (χ3v) is 5.12. The van der Waals surface area contributed by atoms with Crippen LogP contribution >= 0.6 is 0 Å². The molecule has 0 N–H and O–H groups in total. The van der Waals surface area contributed by atoms with Gasteiger partial charge in [-0.15, -0.1) is 10.2 Å². The number of hydrogen-bond donors (Lipinski definition) is 0. The first-order chi connectivity index (χ1) is 14.7. The number of para-hydroxylation sites is 2. The molecule has 4 aromatic rings. The topological polar surface area (TPSA) is 83.1 Å². The summed E-state index contributed by atoms with van der Waals surface area (Å²) in [7, 11) is 0. The number of fused-ring (bicyclic) bond motifs is 2. The van der Waals surface area contributed by atoms with Crippen LogP contribution in [0.15, 0.2) is 48.5 Å². The van der Waals surface area contributed by atoms with Gasteiger partial charge in [-0.25, -0.2) is 14.3 Å². The van der Waals surface area contributed by atoms with Crippen molar-refractivity contribution >= 4 is 22.1 Å². The molecule has 0 spiro atoms. The van der Waals surface area contributed by atoms with Gasteiger partial charge >= 0.3 is 0 Å². The molecule has 2 heterocycles. The molecule has 0 atom stereocenters. The fourth-order valence-corrected chi connectivity index (χ4v) is 3.73. The lowest BCUT2D eigenvalue weighted by Crippen LogP contribution is -2.54. The number of benzene rings is 2. The average molecular weight is 409 g/mol. The quantitative estimate of drug-likeness (QED) is 0.372. The second kappa shape index (κ2) is 8.86. The smallest absolute Gasteiger partial charge is 0.232 e. The first kappa shape index (κ1) is 20.4. The molecule has 30 heavy (non-hydrogen) atoms. The van der Waals surface area contributed by atoms with Crippen LogP contribution in [-0.4, -0.2) is 54.0 Å². The van der Waals surface area contributed by atoms with Gasteiger partial charge in [0.25, 0.3) is 0 Å². The zero-order chi connectivity index (χ0) is 21.0. The molecule has 0 saturated carbocycles. The zero-order valence-electron chi connectivity index (χ0n) is 17.6. The zero-order valence-corrected chi connectivity index (χ0v) is 17.6. The maximum absolute atomic E-state index is 6.18. The number of rotatable bonds is 10. The minimum absolute atomic E-state index is 0.419. The van der Waals surface area contributed by atoms with E-state index in [2.05, 4.69) is 32.4 Å². The molecule has 0 aliphatic carbocycles. The molecular formula is C21H27N7O2. The van der Waals surface area contributed by atoms with Crippen LogP contribution in [0.2, 0.25) is 0 Å². The Labute approximate surface area is 175 Å². The monoisotopic (exact) mass is 409 g/mol. The van der Waals surface area contributed by atoms with E-state index in [1.165, 1.54) is 0 Å². The molecule has 0 saturated heterocycles. The van der Waals surface area contributed by atoms with Crippen LogP contribution in [-0.2, 0) is 22.8 Å². The van der Waals surface area contributed by atoms with E-state index >= 15 is 0 Å². The van der Waals surface area contributed by atoms with Crippen molar-refractivity contribution in [2.75, 3.05) is 13.2 Å². The molecule has 0 unspecified atom stereocenters. The molecule has 4 rings (SSSR count). The first-order valence-electron chi connectivity index (χ1n) is 10.3. The van der Waals surface area contributed by atoms with E-state index in [0.717, 1.165) is 22.1 Å². The highest BCUT2D eigenvalue weighted by atomic mass is 16.7. The van der Waals surface area contributed by atoms with Crippen molar-refractivity contribution in [3.05, 3.63) is 48.5 Å². The summed E-state index contributed by atoms with van der Waals surface area (Å²) >= 11 is 0. The van der Waals surface area contributed by atoms with E-state index in [1.807, 2.05) is 71.7 Å². The van der Waals surface area contributed by atoms with E-state index in [9.17, 15) is 0 Å². The predicted molar refractivity (Wildman–Crippen MR) is 113 cm³/mol. The molecule has 158 valence electrons. The highest BCUT2D eigenvalue weighted by Crippen LogP contribution is 2.27. The van der Waals surface area contributed by atoms with Crippen molar-refractivity contribution in [3.63, 3.8) is 0 Å². The van der Waals surface area contributed by atoms with Gasteiger partial charge in [-0.1, -0.05) is 41.6 Å². The summed E-state index contributed by atoms with van der Waals surface area (Å²) in [5.74, 6) is -0.927. The predicted octanol–water partition coefficient (Wildman–Crippen LogP) is 3.23. The van der Waals surface area contributed by atoms with Crippen molar-refractivity contribution in [3.8, 4) is 0 Å². The van der Waals surface area contributed by atoms with Crippen molar-refractivity contribution in [1.82, 2.24) is 34.9 Å². The Kier molecular flexibility index (Phi) is 6.03. The second-order valence-electron chi connectivity index (χ2n) is 6.91. The summed E-state index contributed by atoms with van der Waals surface area (Å²) < 4.78 is 16.1. The van der Waals surface area contributed by atoms with Gasteiger partial charge < -0.3 is 9.47 Å². The number of ether oxygens (including phenoxy) is 2. The average Bonchev–Trinajstić information content (AvgIpc) is 3.38. The molecule has 0 aliphatic rings. The van der Waals surface area contributed by atoms with Crippen LogP contribution in [0.25, 0.3) is 22.1 Å². The molecule has 2 aromatic carbocycles. The van der Waals surface area contributed by atoms with Crippen LogP contribution < -0.4 is 0 Å². The Morgan fingerprint density at radius 3 is 1.67 bits per heavy atom. The van der Waals surface area contributed by atoms with Crippen molar-refractivity contribution < 1.29 is 9.47 Å². The van der Waals surface area contributed by atoms with Crippen LogP contribution in [0.1, 0.15) is 27.2 Å². The van der Waals surface area contributed by atoms with Gasteiger partial charge in [0.2, 0.25) is 5.91 Å². The maximum Gasteiger partial charge on any atom is 0.232 e. The van der Waals surface area contributed by atoms with E-state index in [0.29, 0.717) is 33.0 Å². The van der Waals surface area contributed by atoms with Gasteiger partial charge in [-0.2, -0.15) is 0 Å².